The van der Waals surface area contributed by atoms with Crippen molar-refractivity contribution in [3.63, 3.8) is 0 Å². The van der Waals surface area contributed by atoms with Crippen LogP contribution < -0.4 is 5.73 Å². The Morgan fingerprint density at radius 3 is 2.79 bits per heavy atom. The number of ether oxygens (including phenoxy) is 1. The van der Waals surface area contributed by atoms with Crippen molar-refractivity contribution in [2.75, 3.05) is 26.3 Å². The fourth-order valence-corrected chi connectivity index (χ4v) is 3.70. The molecule has 6 nitrogen and oxygen atoms in total. The molecule has 2 aromatic rings. The lowest BCUT2D eigenvalue weighted by molar-refractivity contribution is -0.117. The highest BCUT2D eigenvalue weighted by atomic mass is 32.2. The van der Waals surface area contributed by atoms with Gasteiger partial charge in [-0.25, -0.2) is 9.97 Å². The lowest BCUT2D eigenvalue weighted by Gasteiger charge is -2.26. The minimum absolute atomic E-state index is 0.278. The number of para-hydroxylation sites is 1. The van der Waals surface area contributed by atoms with Crippen molar-refractivity contribution in [3.8, 4) is 0 Å². The number of hydrogen-bond donors (Lipinski definition) is 1. The lowest BCUT2D eigenvalue weighted by atomic mass is 10.2. The van der Waals surface area contributed by atoms with Crippen LogP contribution in [0.2, 0.25) is 0 Å². The van der Waals surface area contributed by atoms with Gasteiger partial charge < -0.3 is 10.5 Å². The fourth-order valence-electron chi connectivity index (χ4n) is 2.69. The van der Waals surface area contributed by atoms with E-state index in [0.717, 1.165) is 48.1 Å². The third-order valence-corrected chi connectivity index (χ3v) is 5.41. The Morgan fingerprint density at radius 2 is 2.08 bits per heavy atom. The van der Waals surface area contributed by atoms with Gasteiger partial charge in [0.2, 0.25) is 5.91 Å². The maximum absolute atomic E-state index is 11.6. The molecule has 1 fully saturated rings. The molecule has 1 aromatic carbocycles. The molecule has 0 unspecified atom stereocenters. The molecule has 0 bridgehead atoms. The van der Waals surface area contributed by atoms with Crippen LogP contribution in [0.25, 0.3) is 10.9 Å². The molecule has 1 aliphatic heterocycles. The van der Waals surface area contributed by atoms with E-state index in [1.165, 1.54) is 11.8 Å². The molecule has 24 heavy (non-hydrogen) atoms. The van der Waals surface area contributed by atoms with E-state index < -0.39 is 0 Å². The van der Waals surface area contributed by atoms with E-state index in [9.17, 15) is 4.79 Å². The maximum atomic E-state index is 11.6. The van der Waals surface area contributed by atoms with Crippen molar-refractivity contribution in [1.82, 2.24) is 14.9 Å². The minimum atomic E-state index is -0.306. The summed E-state index contributed by atoms with van der Waals surface area (Å²) in [6.45, 7) is 5.91. The van der Waals surface area contributed by atoms with Crippen molar-refractivity contribution < 1.29 is 9.53 Å². The molecule has 1 aliphatic rings. The summed E-state index contributed by atoms with van der Waals surface area (Å²) < 4.78 is 5.39. The molecule has 0 saturated carbocycles. The first-order valence-corrected chi connectivity index (χ1v) is 9.07. The Hall–Kier alpha value is -1.70. The molecule has 2 heterocycles. The zero-order valence-corrected chi connectivity index (χ0v) is 14.6. The zero-order chi connectivity index (χ0) is 16.9. The fraction of sp³-hybridized carbons (Fsp3) is 0.471. The van der Waals surface area contributed by atoms with E-state index in [1.807, 2.05) is 31.2 Å². The number of benzene rings is 1. The van der Waals surface area contributed by atoms with Gasteiger partial charge in [0.05, 0.1) is 30.5 Å². The number of nitrogens with zero attached hydrogens (tertiary/aromatic N) is 3. The Labute approximate surface area is 145 Å². The quantitative estimate of drug-likeness (QED) is 0.635. The Balaban J connectivity index is 1.91. The van der Waals surface area contributed by atoms with Gasteiger partial charge in [-0.3, -0.25) is 9.69 Å². The summed E-state index contributed by atoms with van der Waals surface area (Å²) in [7, 11) is 0. The second-order valence-corrected chi connectivity index (χ2v) is 6.96. The van der Waals surface area contributed by atoms with Gasteiger partial charge >= 0.3 is 0 Å². The van der Waals surface area contributed by atoms with Gasteiger partial charge in [-0.1, -0.05) is 36.9 Å². The van der Waals surface area contributed by atoms with Gasteiger partial charge in [0.1, 0.15) is 10.9 Å². The normalized spacial score (nSPS) is 17.0. The van der Waals surface area contributed by atoms with E-state index in [0.29, 0.717) is 13.0 Å². The summed E-state index contributed by atoms with van der Waals surface area (Å²) in [6, 6.07) is 7.90. The minimum Gasteiger partial charge on any atom is -0.379 e. The van der Waals surface area contributed by atoms with E-state index in [1.54, 1.807) is 0 Å². The highest BCUT2D eigenvalue weighted by Gasteiger charge is 2.19. The number of hydrogen-bond acceptors (Lipinski definition) is 6. The summed E-state index contributed by atoms with van der Waals surface area (Å²) in [5.41, 5.74) is 6.40. The summed E-state index contributed by atoms with van der Waals surface area (Å²) in [6.07, 6.45) is 0.678. The van der Waals surface area contributed by atoms with Gasteiger partial charge in [0, 0.05) is 18.5 Å². The molecular formula is C17H22N4O2S. The van der Waals surface area contributed by atoms with Crippen molar-refractivity contribution in [1.29, 1.82) is 0 Å². The SMILES string of the molecule is CC[C@@H](Sc1nc(CN2CCOCC2)nc2ccccc12)C(N)=O. The van der Waals surface area contributed by atoms with Gasteiger partial charge in [0.25, 0.3) is 0 Å². The zero-order valence-electron chi connectivity index (χ0n) is 13.8. The Morgan fingerprint density at radius 1 is 1.33 bits per heavy atom. The summed E-state index contributed by atoms with van der Waals surface area (Å²) in [5.74, 6) is 0.470. The first-order valence-electron chi connectivity index (χ1n) is 8.19. The first kappa shape index (κ1) is 17.1. The van der Waals surface area contributed by atoms with Crippen LogP contribution in [-0.4, -0.2) is 52.3 Å². The number of aromatic nitrogens is 2. The average molecular weight is 346 g/mol. The van der Waals surface area contributed by atoms with E-state index >= 15 is 0 Å². The number of nitrogens with two attached hydrogens (primary N) is 1. The van der Waals surface area contributed by atoms with Gasteiger partial charge in [-0.2, -0.15) is 0 Å². The monoisotopic (exact) mass is 346 g/mol. The van der Waals surface area contributed by atoms with Crippen molar-refractivity contribution >= 4 is 28.6 Å². The lowest BCUT2D eigenvalue weighted by Crippen LogP contribution is -2.36. The number of rotatable bonds is 6. The summed E-state index contributed by atoms with van der Waals surface area (Å²) in [5, 5.41) is 1.52. The number of carbonyl (C=O) groups excluding carboxylic acids is 1. The number of thioether (sulfide) groups is 1. The van der Waals surface area contributed by atoms with Crippen LogP contribution in [-0.2, 0) is 16.1 Å². The van der Waals surface area contributed by atoms with Crippen LogP contribution in [0.5, 0.6) is 0 Å². The smallest absolute Gasteiger partial charge is 0.230 e. The molecule has 1 atom stereocenters. The highest BCUT2D eigenvalue weighted by Crippen LogP contribution is 2.30. The van der Waals surface area contributed by atoms with Crippen molar-refractivity contribution in [2.24, 2.45) is 5.73 Å². The Kier molecular flexibility index (Phi) is 5.65. The van der Waals surface area contributed by atoms with Crippen LogP contribution in [0.4, 0.5) is 0 Å². The van der Waals surface area contributed by atoms with Crippen LogP contribution in [0.3, 0.4) is 0 Å². The molecule has 2 N–H and O–H groups in total. The third kappa shape index (κ3) is 4.03. The number of carbonyl (C=O) groups is 1. The predicted octanol–water partition coefficient (Wildman–Crippen LogP) is 1.82. The molecular weight excluding hydrogens is 324 g/mol. The summed E-state index contributed by atoms with van der Waals surface area (Å²) in [4.78, 5) is 23.3. The van der Waals surface area contributed by atoms with Gasteiger partial charge in [-0.15, -0.1) is 0 Å². The Bertz CT molecular complexity index is 719. The molecule has 3 rings (SSSR count). The number of morpholine rings is 1. The topological polar surface area (TPSA) is 81.3 Å². The number of primary amides is 1. The van der Waals surface area contributed by atoms with Crippen LogP contribution in [0.15, 0.2) is 29.3 Å². The molecule has 1 saturated heterocycles. The number of amides is 1. The van der Waals surface area contributed by atoms with E-state index in [4.69, 9.17) is 15.5 Å². The van der Waals surface area contributed by atoms with E-state index in [2.05, 4.69) is 9.88 Å². The van der Waals surface area contributed by atoms with E-state index in [-0.39, 0.29) is 11.2 Å². The molecule has 1 amide bonds. The molecule has 0 radical (unpaired) electrons. The molecule has 128 valence electrons. The largest absolute Gasteiger partial charge is 0.379 e. The molecule has 1 aromatic heterocycles. The van der Waals surface area contributed by atoms with Crippen molar-refractivity contribution in [2.45, 2.75) is 30.2 Å². The molecule has 7 heteroatoms. The molecule has 0 spiro atoms. The average Bonchev–Trinajstić information content (AvgIpc) is 2.60. The third-order valence-electron chi connectivity index (χ3n) is 4.03. The van der Waals surface area contributed by atoms with Crippen molar-refractivity contribution in [3.05, 3.63) is 30.1 Å². The van der Waals surface area contributed by atoms with Crippen LogP contribution >= 0.6 is 11.8 Å². The first-order chi connectivity index (χ1) is 11.7. The standard InChI is InChI=1S/C17H22N4O2S/c1-2-14(16(18)22)24-17-12-5-3-4-6-13(12)19-15(20-17)11-21-7-9-23-10-8-21/h3-6,14H,2,7-11H2,1H3,(H2,18,22)/t14-/m1/s1. The number of fused-ring (bicyclic) bond motifs is 1. The predicted molar refractivity (Wildman–Crippen MR) is 94.8 cm³/mol. The second kappa shape index (κ2) is 7.92. The maximum Gasteiger partial charge on any atom is 0.230 e. The van der Waals surface area contributed by atoms with Gasteiger partial charge in [-0.05, 0) is 12.5 Å². The van der Waals surface area contributed by atoms with Gasteiger partial charge in [0.15, 0.2) is 0 Å². The highest BCUT2D eigenvalue weighted by molar-refractivity contribution is 8.00. The second-order valence-electron chi connectivity index (χ2n) is 5.77. The van der Waals surface area contributed by atoms with Crippen LogP contribution in [0, 0.1) is 0 Å². The van der Waals surface area contributed by atoms with Crippen LogP contribution in [0.1, 0.15) is 19.2 Å². The summed E-state index contributed by atoms with van der Waals surface area (Å²) >= 11 is 1.43. The molecule has 0 aliphatic carbocycles.